The van der Waals surface area contributed by atoms with Crippen LogP contribution < -0.4 is 0 Å². The zero-order chi connectivity index (χ0) is 8.10. The second kappa shape index (κ2) is 4.13. The van der Waals surface area contributed by atoms with Crippen LogP contribution in [0.15, 0.2) is 24.3 Å². The Morgan fingerprint density at radius 1 is 1.45 bits per heavy atom. The van der Waals surface area contributed by atoms with E-state index in [9.17, 15) is 9.18 Å². The molecule has 58 valence electrons. The van der Waals surface area contributed by atoms with Gasteiger partial charge in [-0.3, -0.25) is 4.79 Å². The lowest BCUT2D eigenvalue weighted by atomic mass is 10.2. The molecule has 1 aromatic carbocycles. The van der Waals surface area contributed by atoms with Crippen LogP contribution in [0.3, 0.4) is 0 Å². The molecule has 11 heavy (non-hydrogen) atoms. The molecular weight excluding hydrogens is 163 g/mol. The Morgan fingerprint density at radius 3 is 2.82 bits per heavy atom. The topological polar surface area (TPSA) is 17.1 Å². The molecule has 0 fully saturated rings. The molecule has 1 rings (SSSR count). The Bertz CT molecular complexity index is 250. The van der Waals surface area contributed by atoms with Crippen molar-refractivity contribution >= 4 is 17.4 Å². The highest BCUT2D eigenvalue weighted by atomic mass is 32.2. The van der Waals surface area contributed by atoms with E-state index in [1.165, 1.54) is 6.07 Å². The third-order valence-electron chi connectivity index (χ3n) is 1.26. The first kappa shape index (κ1) is 8.27. The third kappa shape index (κ3) is 2.35. The monoisotopic (exact) mass is 170 g/mol. The van der Waals surface area contributed by atoms with Crippen LogP contribution in [-0.4, -0.2) is 5.62 Å². The fraction of sp³-hybridized carbons (Fsp3) is 0.125. The summed E-state index contributed by atoms with van der Waals surface area (Å²) in [5, 5.41) is 0. The van der Waals surface area contributed by atoms with Crippen molar-refractivity contribution < 1.29 is 9.18 Å². The number of rotatable bonds is 3. The van der Waals surface area contributed by atoms with Crippen molar-refractivity contribution in [3.63, 3.8) is 0 Å². The number of carbonyl (C=O) groups is 1. The molecule has 0 aliphatic heterocycles. The Balaban J connectivity index is 2.69. The summed E-state index contributed by atoms with van der Waals surface area (Å²) in [6.07, 6.45) is 0. The van der Waals surface area contributed by atoms with Crippen molar-refractivity contribution in [1.29, 1.82) is 0 Å². The lowest BCUT2D eigenvalue weighted by Crippen LogP contribution is -1.85. The Kier molecular flexibility index (Phi) is 3.11. The summed E-state index contributed by atoms with van der Waals surface area (Å²) in [4.78, 5) is 9.93. The number of thioether (sulfide) groups is 1. The molecule has 0 amide bonds. The summed E-state index contributed by atoms with van der Waals surface area (Å²) in [5.41, 5.74) is 1.29. The van der Waals surface area contributed by atoms with Gasteiger partial charge in [0.1, 0.15) is 5.82 Å². The summed E-state index contributed by atoms with van der Waals surface area (Å²) in [6.45, 7) is 0. The second-order valence-corrected chi connectivity index (χ2v) is 2.81. The van der Waals surface area contributed by atoms with Crippen LogP contribution >= 0.6 is 11.8 Å². The average Bonchev–Trinajstić information content (AvgIpc) is 2.03. The molecule has 0 heterocycles. The average molecular weight is 170 g/mol. The van der Waals surface area contributed by atoms with Crippen LogP contribution in [0.25, 0.3) is 0 Å². The van der Waals surface area contributed by atoms with Gasteiger partial charge in [0, 0.05) is 5.75 Å². The van der Waals surface area contributed by atoms with Gasteiger partial charge >= 0.3 is 0 Å². The normalized spacial score (nSPS) is 9.55. The summed E-state index contributed by atoms with van der Waals surface area (Å²) in [6, 6.07) is 6.45. The lowest BCUT2D eigenvalue weighted by molar-refractivity contribution is 0.570. The van der Waals surface area contributed by atoms with Gasteiger partial charge in [0.25, 0.3) is 0 Å². The standard InChI is InChI=1S/C8H7FOS/c9-8-4-2-1-3-7(8)5-11-6-10/h1-4,6H,5H2. The van der Waals surface area contributed by atoms with Crippen LogP contribution in [0.4, 0.5) is 4.39 Å². The quantitative estimate of drug-likeness (QED) is 0.647. The van der Waals surface area contributed by atoms with E-state index in [4.69, 9.17) is 0 Å². The molecule has 0 bridgehead atoms. The summed E-state index contributed by atoms with van der Waals surface area (Å²) < 4.78 is 12.8. The Hall–Kier alpha value is -0.830. The van der Waals surface area contributed by atoms with Gasteiger partial charge in [-0.2, -0.15) is 0 Å². The van der Waals surface area contributed by atoms with Gasteiger partial charge < -0.3 is 0 Å². The fourth-order valence-corrected chi connectivity index (χ4v) is 1.22. The predicted octanol–water partition coefficient (Wildman–Crippen LogP) is 2.25. The maximum absolute atomic E-state index is 12.8. The Morgan fingerprint density at radius 2 is 2.18 bits per heavy atom. The van der Waals surface area contributed by atoms with E-state index >= 15 is 0 Å². The van der Waals surface area contributed by atoms with Crippen molar-refractivity contribution in [3.8, 4) is 0 Å². The zero-order valence-corrected chi connectivity index (χ0v) is 6.60. The molecule has 0 radical (unpaired) electrons. The first-order valence-electron chi connectivity index (χ1n) is 3.13. The van der Waals surface area contributed by atoms with E-state index in [2.05, 4.69) is 0 Å². The van der Waals surface area contributed by atoms with Crippen LogP contribution in [0.1, 0.15) is 5.56 Å². The highest BCUT2D eigenvalue weighted by molar-refractivity contribution is 8.11. The lowest BCUT2D eigenvalue weighted by Gasteiger charge is -1.97. The molecule has 0 atom stereocenters. The summed E-state index contributed by atoms with van der Waals surface area (Å²) in [7, 11) is 0. The SMILES string of the molecule is O=CSCc1ccccc1F. The van der Waals surface area contributed by atoms with E-state index < -0.39 is 0 Å². The van der Waals surface area contributed by atoms with E-state index in [-0.39, 0.29) is 5.82 Å². The van der Waals surface area contributed by atoms with Crippen LogP contribution in [0, 0.1) is 5.82 Å². The first-order chi connectivity index (χ1) is 5.34. The summed E-state index contributed by atoms with van der Waals surface area (Å²) in [5.74, 6) is 0.165. The number of carbonyl (C=O) groups excluding carboxylic acids is 1. The maximum atomic E-state index is 12.8. The van der Waals surface area contributed by atoms with Gasteiger partial charge in [-0.1, -0.05) is 30.0 Å². The van der Waals surface area contributed by atoms with E-state index in [0.717, 1.165) is 11.8 Å². The zero-order valence-electron chi connectivity index (χ0n) is 5.79. The van der Waals surface area contributed by atoms with Gasteiger partial charge in [-0.15, -0.1) is 0 Å². The van der Waals surface area contributed by atoms with Crippen molar-refractivity contribution in [2.75, 3.05) is 0 Å². The summed E-state index contributed by atoms with van der Waals surface area (Å²) >= 11 is 1.05. The molecule has 0 N–H and O–H groups in total. The molecule has 1 nitrogen and oxygen atoms in total. The minimum atomic E-state index is -0.248. The van der Waals surface area contributed by atoms with E-state index in [0.29, 0.717) is 16.9 Å². The Labute approximate surface area is 68.6 Å². The minimum Gasteiger partial charge on any atom is -0.291 e. The number of benzene rings is 1. The minimum absolute atomic E-state index is 0.248. The molecule has 3 heteroatoms. The third-order valence-corrected chi connectivity index (χ3v) is 1.88. The van der Waals surface area contributed by atoms with Gasteiger partial charge in [0.2, 0.25) is 0 Å². The fourth-order valence-electron chi connectivity index (χ4n) is 0.739. The molecule has 0 aliphatic rings. The van der Waals surface area contributed by atoms with Crippen LogP contribution in [0.5, 0.6) is 0 Å². The molecule has 0 unspecified atom stereocenters. The van der Waals surface area contributed by atoms with Crippen molar-refractivity contribution in [1.82, 2.24) is 0 Å². The molecule has 1 aromatic rings. The highest BCUT2D eigenvalue weighted by Gasteiger charge is 1.98. The predicted molar refractivity (Wildman–Crippen MR) is 44.4 cm³/mol. The molecular formula is C8H7FOS. The highest BCUT2D eigenvalue weighted by Crippen LogP contribution is 2.12. The molecule has 0 spiro atoms. The van der Waals surface area contributed by atoms with Crippen LogP contribution in [0.2, 0.25) is 0 Å². The first-order valence-corrected chi connectivity index (χ1v) is 4.18. The second-order valence-electron chi connectivity index (χ2n) is 2.00. The van der Waals surface area contributed by atoms with Crippen molar-refractivity contribution in [3.05, 3.63) is 35.6 Å². The number of hydrogen-bond acceptors (Lipinski definition) is 2. The molecule has 0 saturated carbocycles. The van der Waals surface area contributed by atoms with Gasteiger partial charge in [0.05, 0.1) is 0 Å². The van der Waals surface area contributed by atoms with Crippen molar-refractivity contribution in [2.24, 2.45) is 0 Å². The number of halogens is 1. The smallest absolute Gasteiger partial charge is 0.176 e. The molecule has 0 saturated heterocycles. The van der Waals surface area contributed by atoms with E-state index in [1.54, 1.807) is 18.2 Å². The largest absolute Gasteiger partial charge is 0.291 e. The van der Waals surface area contributed by atoms with Crippen LogP contribution in [-0.2, 0) is 10.5 Å². The molecule has 0 aliphatic carbocycles. The maximum Gasteiger partial charge on any atom is 0.176 e. The van der Waals surface area contributed by atoms with Gasteiger partial charge in [-0.25, -0.2) is 4.39 Å². The van der Waals surface area contributed by atoms with Gasteiger partial charge in [-0.05, 0) is 11.6 Å². The van der Waals surface area contributed by atoms with E-state index in [1.807, 2.05) is 0 Å². The molecule has 0 aromatic heterocycles. The number of hydrogen-bond donors (Lipinski definition) is 0. The van der Waals surface area contributed by atoms with Crippen molar-refractivity contribution in [2.45, 2.75) is 5.75 Å². The van der Waals surface area contributed by atoms with Gasteiger partial charge in [0.15, 0.2) is 5.62 Å².